The average Bonchev–Trinajstić information content (AvgIpc) is 2.72. The Morgan fingerprint density at radius 1 is 0.970 bits per heavy atom. The van der Waals surface area contributed by atoms with E-state index in [1.54, 1.807) is 18.2 Å². The predicted molar refractivity (Wildman–Crippen MR) is 133 cm³/mol. The fourth-order valence-electron chi connectivity index (χ4n) is 3.13. The molecule has 0 bridgehead atoms. The highest BCUT2D eigenvalue weighted by Gasteiger charge is 2.20. The van der Waals surface area contributed by atoms with Crippen LogP contribution in [-0.2, 0) is 6.54 Å². The van der Waals surface area contributed by atoms with Gasteiger partial charge in [-0.05, 0) is 38.1 Å². The van der Waals surface area contributed by atoms with Crippen LogP contribution in [0.1, 0.15) is 16.7 Å². The van der Waals surface area contributed by atoms with E-state index in [1.807, 2.05) is 36.9 Å². The Balaban J connectivity index is 0.00000385. The lowest BCUT2D eigenvalue weighted by Gasteiger charge is -2.08. The van der Waals surface area contributed by atoms with Crippen LogP contribution in [0.2, 0.25) is 10.0 Å². The second-order valence-corrected chi connectivity index (χ2v) is 7.89. The maximum atomic E-state index is 11.4. The first-order chi connectivity index (χ1) is 15.1. The molecule has 0 aliphatic carbocycles. The molecule has 0 aliphatic rings. The molecular formula is C21H19BrCl2N5O4+. The molecular weight excluding hydrogens is 537 g/mol. The van der Waals surface area contributed by atoms with Crippen LogP contribution in [0, 0.1) is 34.1 Å². The lowest BCUT2D eigenvalue weighted by Crippen LogP contribution is -2.38. The van der Waals surface area contributed by atoms with E-state index in [0.29, 0.717) is 27.9 Å². The zero-order valence-corrected chi connectivity index (χ0v) is 20.7. The van der Waals surface area contributed by atoms with Crippen LogP contribution in [0.3, 0.4) is 0 Å². The number of aryl methyl sites for hydroxylation is 2. The molecule has 172 valence electrons. The van der Waals surface area contributed by atoms with Crippen LogP contribution in [0.25, 0.3) is 0 Å². The molecule has 0 unspecified atom stereocenters. The van der Waals surface area contributed by atoms with Crippen LogP contribution in [0.5, 0.6) is 0 Å². The summed E-state index contributed by atoms with van der Waals surface area (Å²) >= 11 is 12.2. The minimum Gasteiger partial charge on any atom is -0.271 e. The summed E-state index contributed by atoms with van der Waals surface area (Å²) in [6, 6.07) is 10.4. The highest BCUT2D eigenvalue weighted by Crippen LogP contribution is 2.29. The van der Waals surface area contributed by atoms with Gasteiger partial charge in [-0.25, -0.2) is 0 Å². The van der Waals surface area contributed by atoms with Crippen molar-refractivity contribution in [3.8, 4) is 0 Å². The molecule has 3 aromatic rings. The van der Waals surface area contributed by atoms with Crippen molar-refractivity contribution in [1.82, 2.24) is 0 Å². The van der Waals surface area contributed by atoms with E-state index in [-0.39, 0.29) is 28.4 Å². The first kappa shape index (κ1) is 26.2. The number of hydrogen-bond donors (Lipinski definition) is 1. The third kappa shape index (κ3) is 6.70. The summed E-state index contributed by atoms with van der Waals surface area (Å²) in [5.41, 5.74) is 5.13. The van der Waals surface area contributed by atoms with Crippen molar-refractivity contribution in [2.24, 2.45) is 5.10 Å². The molecule has 9 nitrogen and oxygen atoms in total. The quantitative estimate of drug-likeness (QED) is 0.171. The smallest absolute Gasteiger partial charge is 0.271 e. The SMILES string of the molecule is Br.Cc1cc(C)c[n+](C/C(=N/Nc2ccc([N+](=O)[O-])cc2[N+](=O)[O-])c2ccc(Cl)c(Cl)c2)c1. The highest BCUT2D eigenvalue weighted by atomic mass is 79.9. The normalized spacial score (nSPS) is 11.0. The van der Waals surface area contributed by atoms with E-state index in [2.05, 4.69) is 10.5 Å². The summed E-state index contributed by atoms with van der Waals surface area (Å²) in [7, 11) is 0. The van der Waals surface area contributed by atoms with E-state index in [1.165, 1.54) is 12.1 Å². The van der Waals surface area contributed by atoms with Crippen molar-refractivity contribution >= 4 is 63.0 Å². The Morgan fingerprint density at radius 2 is 1.64 bits per heavy atom. The lowest BCUT2D eigenvalue weighted by molar-refractivity contribution is -0.682. The summed E-state index contributed by atoms with van der Waals surface area (Å²) in [5.74, 6) is 0. The van der Waals surface area contributed by atoms with Gasteiger partial charge >= 0.3 is 5.69 Å². The van der Waals surface area contributed by atoms with Crippen molar-refractivity contribution in [3.63, 3.8) is 0 Å². The number of aromatic nitrogens is 1. The fraction of sp³-hybridized carbons (Fsp3) is 0.143. The van der Waals surface area contributed by atoms with Gasteiger partial charge in [0.25, 0.3) is 5.69 Å². The Hall–Kier alpha value is -3.08. The standard InChI is InChI=1S/C21H18Cl2N5O4.BrH/c1-13-7-14(2)11-26(10-13)12-20(15-3-5-17(22)18(23)8-15)25-24-19-6-4-16(27(29)30)9-21(19)28(31)32;/h3-11,24H,12H2,1-2H3;1H/q+1;/b25-20-;. The number of hydrazone groups is 1. The van der Waals surface area contributed by atoms with Gasteiger partial charge in [-0.3, -0.25) is 25.7 Å². The van der Waals surface area contributed by atoms with Gasteiger partial charge in [-0.1, -0.05) is 29.3 Å². The third-order valence-corrected chi connectivity index (χ3v) is 5.22. The topological polar surface area (TPSA) is 115 Å². The van der Waals surface area contributed by atoms with Gasteiger partial charge in [-0.15, -0.1) is 17.0 Å². The maximum Gasteiger partial charge on any atom is 0.301 e. The summed E-state index contributed by atoms with van der Waals surface area (Å²) in [6.07, 6.45) is 3.88. The molecule has 0 amide bonds. The number of halogens is 3. The van der Waals surface area contributed by atoms with Crippen LogP contribution < -0.4 is 9.99 Å². The molecule has 0 spiro atoms. The monoisotopic (exact) mass is 554 g/mol. The molecule has 33 heavy (non-hydrogen) atoms. The van der Waals surface area contributed by atoms with Gasteiger partial charge in [0, 0.05) is 22.8 Å². The molecule has 3 rings (SSSR count). The number of nitrogens with one attached hydrogen (secondary N) is 1. The van der Waals surface area contributed by atoms with Gasteiger partial charge in [-0.2, -0.15) is 9.67 Å². The molecule has 0 radical (unpaired) electrons. The zero-order chi connectivity index (χ0) is 23.4. The van der Waals surface area contributed by atoms with E-state index in [0.717, 1.165) is 17.2 Å². The van der Waals surface area contributed by atoms with E-state index < -0.39 is 15.5 Å². The molecule has 2 aromatic carbocycles. The lowest BCUT2D eigenvalue weighted by atomic mass is 10.1. The summed E-state index contributed by atoms with van der Waals surface area (Å²) in [5, 5.41) is 27.5. The molecule has 0 saturated carbocycles. The maximum absolute atomic E-state index is 11.4. The van der Waals surface area contributed by atoms with Crippen LogP contribution in [0.4, 0.5) is 17.1 Å². The molecule has 1 heterocycles. The minimum absolute atomic E-state index is 0. The summed E-state index contributed by atoms with van der Waals surface area (Å²) < 4.78 is 1.93. The number of hydrogen-bond acceptors (Lipinski definition) is 6. The average molecular weight is 556 g/mol. The summed E-state index contributed by atoms with van der Waals surface area (Å²) in [6.45, 7) is 4.27. The van der Waals surface area contributed by atoms with Gasteiger partial charge in [0.05, 0.1) is 26.0 Å². The van der Waals surface area contributed by atoms with Crippen LogP contribution in [-0.4, -0.2) is 15.6 Å². The Morgan fingerprint density at radius 3 is 2.21 bits per heavy atom. The molecule has 1 aromatic heterocycles. The number of rotatable bonds is 7. The summed E-state index contributed by atoms with van der Waals surface area (Å²) in [4.78, 5) is 21.0. The molecule has 0 atom stereocenters. The molecule has 0 aliphatic heterocycles. The largest absolute Gasteiger partial charge is 0.301 e. The fourth-order valence-corrected chi connectivity index (χ4v) is 3.43. The predicted octanol–water partition coefficient (Wildman–Crippen LogP) is 5.81. The Labute approximate surface area is 209 Å². The zero-order valence-electron chi connectivity index (χ0n) is 17.5. The Bertz CT molecular complexity index is 1230. The first-order valence-electron chi connectivity index (χ1n) is 9.32. The minimum atomic E-state index is -0.706. The van der Waals surface area contributed by atoms with Crippen LogP contribution in [0.15, 0.2) is 60.0 Å². The molecule has 12 heteroatoms. The van der Waals surface area contributed by atoms with Gasteiger partial charge in [0.2, 0.25) is 0 Å². The number of nitrogens with zero attached hydrogens (tertiary/aromatic N) is 4. The van der Waals surface area contributed by atoms with E-state index >= 15 is 0 Å². The third-order valence-electron chi connectivity index (χ3n) is 4.48. The van der Waals surface area contributed by atoms with Crippen molar-refractivity contribution in [2.45, 2.75) is 20.4 Å². The van der Waals surface area contributed by atoms with Gasteiger partial charge in [0.1, 0.15) is 11.4 Å². The van der Waals surface area contributed by atoms with Crippen molar-refractivity contribution in [1.29, 1.82) is 0 Å². The molecule has 0 saturated heterocycles. The van der Waals surface area contributed by atoms with E-state index in [9.17, 15) is 20.2 Å². The Kier molecular flexibility index (Phi) is 8.86. The molecule has 1 N–H and O–H groups in total. The van der Waals surface area contributed by atoms with Crippen LogP contribution >= 0.6 is 40.2 Å². The second-order valence-electron chi connectivity index (χ2n) is 7.08. The number of nitro groups is 2. The molecule has 0 fully saturated rings. The van der Waals surface area contributed by atoms with Crippen molar-refractivity contribution < 1.29 is 14.4 Å². The number of nitro benzene ring substituents is 2. The van der Waals surface area contributed by atoms with Crippen molar-refractivity contribution in [3.05, 3.63) is 102 Å². The second kappa shape index (κ2) is 11.2. The van der Waals surface area contributed by atoms with Gasteiger partial charge < -0.3 is 0 Å². The highest BCUT2D eigenvalue weighted by molar-refractivity contribution is 8.93. The number of pyridine rings is 1. The van der Waals surface area contributed by atoms with E-state index in [4.69, 9.17) is 23.2 Å². The number of non-ortho nitro benzene ring substituents is 1. The van der Waals surface area contributed by atoms with Gasteiger partial charge in [0.15, 0.2) is 18.9 Å². The number of anilines is 1. The van der Waals surface area contributed by atoms with Crippen molar-refractivity contribution in [2.75, 3.05) is 5.43 Å². The first-order valence-corrected chi connectivity index (χ1v) is 10.1. The number of benzene rings is 2.